The van der Waals surface area contributed by atoms with Crippen LogP contribution in [0.4, 0.5) is 5.69 Å². The number of nitrogens with zero attached hydrogens (tertiary/aromatic N) is 1. The maximum Gasteiger partial charge on any atom is 0.262 e. The number of anilines is 1. The number of carbonyl (C=O) groups excluding carboxylic acids is 1. The van der Waals surface area contributed by atoms with E-state index in [-0.39, 0.29) is 11.5 Å². The maximum atomic E-state index is 12.6. The van der Waals surface area contributed by atoms with Gasteiger partial charge in [-0.05, 0) is 55.9 Å². The minimum atomic E-state index is -0.242. The predicted octanol–water partition coefficient (Wildman–Crippen LogP) is 4.11. The van der Waals surface area contributed by atoms with Gasteiger partial charge in [0.2, 0.25) is 0 Å². The lowest BCUT2D eigenvalue weighted by Crippen LogP contribution is -2.22. The number of fused-ring (bicyclic) bond motifs is 1. The molecule has 0 aliphatic carbocycles. The number of aromatic nitrogens is 2. The first-order chi connectivity index (χ1) is 12.4. The molecule has 0 aliphatic heterocycles. The van der Waals surface area contributed by atoms with E-state index in [0.717, 1.165) is 16.8 Å². The zero-order chi connectivity index (χ0) is 18.8. The smallest absolute Gasteiger partial charge is 0.262 e. The average molecular weight is 365 g/mol. The minimum Gasteiger partial charge on any atom is -0.332 e. The van der Waals surface area contributed by atoms with Gasteiger partial charge in [0.25, 0.3) is 11.5 Å². The monoisotopic (exact) mass is 365 g/mol. The van der Waals surface area contributed by atoms with Crippen molar-refractivity contribution < 1.29 is 4.79 Å². The third-order valence-electron chi connectivity index (χ3n) is 4.19. The Labute approximate surface area is 156 Å². The van der Waals surface area contributed by atoms with E-state index in [0.29, 0.717) is 27.8 Å². The SMILES string of the molecule is C=CCn1c(=S)[nH]c2cc(C(=O)Nc3ccc(C)cc3C)ccc2c1=O. The van der Waals surface area contributed by atoms with Crippen molar-refractivity contribution in [3.8, 4) is 0 Å². The average Bonchev–Trinajstić information content (AvgIpc) is 2.60. The fourth-order valence-electron chi connectivity index (χ4n) is 2.84. The number of hydrogen-bond donors (Lipinski definition) is 2. The van der Waals surface area contributed by atoms with Gasteiger partial charge in [-0.1, -0.05) is 23.8 Å². The van der Waals surface area contributed by atoms with Crippen molar-refractivity contribution in [1.29, 1.82) is 0 Å². The number of aromatic amines is 1. The molecule has 0 radical (unpaired) electrons. The molecule has 0 saturated carbocycles. The zero-order valence-corrected chi connectivity index (χ0v) is 15.4. The summed E-state index contributed by atoms with van der Waals surface area (Å²) in [6.07, 6.45) is 1.61. The number of allylic oxidation sites excluding steroid dienone is 1. The first-order valence-corrected chi connectivity index (χ1v) is 8.58. The van der Waals surface area contributed by atoms with Crippen LogP contribution in [0.3, 0.4) is 0 Å². The van der Waals surface area contributed by atoms with Crippen molar-refractivity contribution in [1.82, 2.24) is 9.55 Å². The van der Waals surface area contributed by atoms with E-state index in [9.17, 15) is 9.59 Å². The predicted molar refractivity (Wildman–Crippen MR) is 107 cm³/mol. The number of nitrogens with one attached hydrogen (secondary N) is 2. The molecule has 6 heteroatoms. The van der Waals surface area contributed by atoms with Crippen LogP contribution in [0.25, 0.3) is 10.9 Å². The van der Waals surface area contributed by atoms with Crippen LogP contribution in [-0.2, 0) is 6.54 Å². The summed E-state index contributed by atoms with van der Waals surface area (Å²) in [4.78, 5) is 28.1. The van der Waals surface area contributed by atoms with Crippen LogP contribution in [0.2, 0.25) is 0 Å². The number of hydrogen-bond acceptors (Lipinski definition) is 3. The Kier molecular flexibility index (Phi) is 4.86. The molecule has 1 aromatic heterocycles. The highest BCUT2D eigenvalue weighted by molar-refractivity contribution is 7.71. The first-order valence-electron chi connectivity index (χ1n) is 8.17. The third-order valence-corrected chi connectivity index (χ3v) is 4.51. The van der Waals surface area contributed by atoms with Crippen LogP contribution in [0.1, 0.15) is 21.5 Å². The Morgan fingerprint density at radius 2 is 2.04 bits per heavy atom. The van der Waals surface area contributed by atoms with Crippen LogP contribution in [0.15, 0.2) is 53.8 Å². The van der Waals surface area contributed by atoms with E-state index in [4.69, 9.17) is 12.2 Å². The Morgan fingerprint density at radius 1 is 1.27 bits per heavy atom. The molecule has 3 aromatic rings. The van der Waals surface area contributed by atoms with Crippen LogP contribution in [0.5, 0.6) is 0 Å². The summed E-state index contributed by atoms with van der Waals surface area (Å²) in [6.45, 7) is 7.92. The molecule has 0 spiro atoms. The van der Waals surface area contributed by atoms with Gasteiger partial charge in [-0.15, -0.1) is 6.58 Å². The standard InChI is InChI=1S/C20H19N3O2S/c1-4-9-23-19(25)15-7-6-14(11-17(15)22-20(23)26)18(24)21-16-8-5-12(2)10-13(16)3/h4-8,10-11H,1,9H2,2-3H3,(H,21,24)(H,22,26). The van der Waals surface area contributed by atoms with E-state index in [2.05, 4.69) is 16.9 Å². The first kappa shape index (κ1) is 17.8. The number of H-pyrrole nitrogens is 1. The van der Waals surface area contributed by atoms with Crippen molar-refractivity contribution in [3.63, 3.8) is 0 Å². The molecule has 26 heavy (non-hydrogen) atoms. The summed E-state index contributed by atoms with van der Waals surface area (Å²) in [5, 5.41) is 3.38. The molecule has 3 rings (SSSR count). The van der Waals surface area contributed by atoms with Crippen molar-refractivity contribution in [3.05, 3.63) is 80.9 Å². The summed E-state index contributed by atoms with van der Waals surface area (Å²) in [6, 6.07) is 10.8. The summed E-state index contributed by atoms with van der Waals surface area (Å²) in [7, 11) is 0. The molecule has 5 nitrogen and oxygen atoms in total. The normalized spacial score (nSPS) is 10.7. The van der Waals surface area contributed by atoms with Gasteiger partial charge in [0, 0.05) is 17.8 Å². The molecule has 1 amide bonds. The minimum absolute atomic E-state index is 0.204. The number of rotatable bonds is 4. The van der Waals surface area contributed by atoms with Gasteiger partial charge in [-0.25, -0.2) is 0 Å². The highest BCUT2D eigenvalue weighted by Crippen LogP contribution is 2.18. The van der Waals surface area contributed by atoms with Gasteiger partial charge in [0.1, 0.15) is 0 Å². The second-order valence-corrected chi connectivity index (χ2v) is 6.55. The number of aryl methyl sites for hydroxylation is 2. The number of amides is 1. The Bertz CT molecular complexity index is 1140. The molecular formula is C20H19N3O2S. The fraction of sp³-hybridized carbons (Fsp3) is 0.150. The molecular weight excluding hydrogens is 346 g/mol. The summed E-state index contributed by atoms with van der Waals surface area (Å²) >= 11 is 5.23. The van der Waals surface area contributed by atoms with Crippen LogP contribution >= 0.6 is 12.2 Å². The molecule has 2 aromatic carbocycles. The fourth-order valence-corrected chi connectivity index (χ4v) is 3.11. The highest BCUT2D eigenvalue weighted by Gasteiger charge is 2.11. The van der Waals surface area contributed by atoms with Crippen molar-refractivity contribution >= 4 is 34.7 Å². The highest BCUT2D eigenvalue weighted by atomic mass is 32.1. The third kappa shape index (κ3) is 3.36. The van der Waals surface area contributed by atoms with Gasteiger partial charge in [-0.3, -0.25) is 14.2 Å². The van der Waals surface area contributed by atoms with Gasteiger partial charge in [0.05, 0.1) is 10.9 Å². The Hall–Kier alpha value is -2.99. The largest absolute Gasteiger partial charge is 0.332 e. The van der Waals surface area contributed by atoms with Gasteiger partial charge in [-0.2, -0.15) is 0 Å². The summed E-state index contributed by atoms with van der Waals surface area (Å²) in [5.41, 5.74) is 3.66. The van der Waals surface area contributed by atoms with Crippen LogP contribution < -0.4 is 10.9 Å². The van der Waals surface area contributed by atoms with Crippen molar-refractivity contribution in [2.75, 3.05) is 5.32 Å². The van der Waals surface area contributed by atoms with E-state index in [1.54, 1.807) is 24.3 Å². The van der Waals surface area contributed by atoms with Gasteiger partial charge >= 0.3 is 0 Å². The van der Waals surface area contributed by atoms with Crippen LogP contribution in [0, 0.1) is 18.6 Å². The van der Waals surface area contributed by atoms with E-state index >= 15 is 0 Å². The molecule has 132 valence electrons. The Morgan fingerprint density at radius 3 is 2.73 bits per heavy atom. The summed E-state index contributed by atoms with van der Waals surface area (Å²) < 4.78 is 1.73. The number of benzene rings is 2. The second-order valence-electron chi connectivity index (χ2n) is 6.17. The van der Waals surface area contributed by atoms with Crippen molar-refractivity contribution in [2.24, 2.45) is 0 Å². The lowest BCUT2D eigenvalue weighted by molar-refractivity contribution is 0.102. The van der Waals surface area contributed by atoms with E-state index in [1.165, 1.54) is 4.57 Å². The Balaban J connectivity index is 1.99. The molecule has 1 heterocycles. The van der Waals surface area contributed by atoms with E-state index in [1.807, 2.05) is 32.0 Å². The summed E-state index contributed by atoms with van der Waals surface area (Å²) in [5.74, 6) is -0.242. The lowest BCUT2D eigenvalue weighted by Gasteiger charge is -2.10. The van der Waals surface area contributed by atoms with Crippen LogP contribution in [-0.4, -0.2) is 15.5 Å². The molecule has 0 bridgehead atoms. The topological polar surface area (TPSA) is 66.9 Å². The van der Waals surface area contributed by atoms with Gasteiger partial charge in [0.15, 0.2) is 4.77 Å². The molecule has 0 aliphatic rings. The quantitative estimate of drug-likeness (QED) is 0.540. The second kappa shape index (κ2) is 7.09. The maximum absolute atomic E-state index is 12.6. The van der Waals surface area contributed by atoms with Gasteiger partial charge < -0.3 is 10.3 Å². The molecule has 0 unspecified atom stereocenters. The lowest BCUT2D eigenvalue weighted by atomic mass is 10.1. The van der Waals surface area contributed by atoms with Crippen molar-refractivity contribution in [2.45, 2.75) is 20.4 Å². The molecule has 0 saturated heterocycles. The zero-order valence-electron chi connectivity index (χ0n) is 14.6. The molecule has 0 atom stereocenters. The van der Waals surface area contributed by atoms with E-state index < -0.39 is 0 Å². The molecule has 2 N–H and O–H groups in total. The number of carbonyl (C=O) groups is 1. The molecule has 0 fully saturated rings.